The topological polar surface area (TPSA) is 77.2 Å². The van der Waals surface area contributed by atoms with Crippen molar-refractivity contribution in [2.45, 2.75) is 39.3 Å². The summed E-state index contributed by atoms with van der Waals surface area (Å²) in [5.41, 5.74) is 7.87. The molecule has 3 N–H and O–H groups in total. The van der Waals surface area contributed by atoms with Crippen molar-refractivity contribution in [1.29, 1.82) is 0 Å². The van der Waals surface area contributed by atoms with Gasteiger partial charge in [0.05, 0.1) is 30.5 Å². The third kappa shape index (κ3) is 6.08. The number of hydrogen-bond donors (Lipinski definition) is 2. The molecule has 5 nitrogen and oxygen atoms in total. The Labute approximate surface area is 149 Å². The Hall–Kier alpha value is -2.27. The maximum Gasteiger partial charge on any atom is 0.226 e. The van der Waals surface area contributed by atoms with Crippen LogP contribution in [0.4, 0.5) is 5.69 Å². The number of benzene rings is 1. The van der Waals surface area contributed by atoms with Gasteiger partial charge in [-0.3, -0.25) is 9.78 Å². The van der Waals surface area contributed by atoms with Crippen molar-refractivity contribution in [3.8, 4) is 5.75 Å². The van der Waals surface area contributed by atoms with Gasteiger partial charge in [0.15, 0.2) is 0 Å². The highest BCUT2D eigenvalue weighted by atomic mass is 35.5. The molecule has 130 valence electrons. The first-order chi connectivity index (χ1) is 10.9. The fourth-order valence-corrected chi connectivity index (χ4v) is 2.21. The maximum absolute atomic E-state index is 12.1. The van der Waals surface area contributed by atoms with Gasteiger partial charge in [-0.15, -0.1) is 12.4 Å². The quantitative estimate of drug-likeness (QED) is 0.838. The molecule has 0 spiro atoms. The minimum absolute atomic E-state index is 0. The number of nitrogens with one attached hydrogen (secondary N) is 1. The van der Waals surface area contributed by atoms with E-state index in [1.165, 1.54) is 0 Å². The van der Waals surface area contributed by atoms with E-state index in [-0.39, 0.29) is 36.9 Å². The molecule has 0 bridgehead atoms. The van der Waals surface area contributed by atoms with Crippen molar-refractivity contribution >= 4 is 24.0 Å². The summed E-state index contributed by atoms with van der Waals surface area (Å²) < 4.78 is 5.68. The molecule has 1 heterocycles. The third-order valence-corrected chi connectivity index (χ3v) is 3.30. The first-order valence-electron chi connectivity index (χ1n) is 7.70. The number of halogens is 1. The molecule has 0 aliphatic carbocycles. The number of ether oxygens (including phenoxy) is 1. The van der Waals surface area contributed by atoms with Gasteiger partial charge in [-0.1, -0.05) is 12.1 Å². The third-order valence-electron chi connectivity index (χ3n) is 3.30. The molecule has 0 aliphatic rings. The fraction of sp³-hybridized carbons (Fsp3) is 0.333. The summed E-state index contributed by atoms with van der Waals surface area (Å²) in [6, 6.07) is 11.2. The van der Waals surface area contributed by atoms with Crippen LogP contribution in [0.1, 0.15) is 38.1 Å². The largest absolute Gasteiger partial charge is 0.491 e. The summed E-state index contributed by atoms with van der Waals surface area (Å²) in [5, 5.41) is 2.97. The highest BCUT2D eigenvalue weighted by Gasteiger charge is 2.11. The monoisotopic (exact) mass is 349 g/mol. The predicted molar refractivity (Wildman–Crippen MR) is 98.4 cm³/mol. The number of carbonyl (C=O) groups is 1. The number of nitrogen functional groups attached to an aromatic ring is 1. The molecule has 0 aliphatic heterocycles. The van der Waals surface area contributed by atoms with Gasteiger partial charge in [0.25, 0.3) is 0 Å². The van der Waals surface area contributed by atoms with Crippen LogP contribution >= 0.6 is 12.4 Å². The summed E-state index contributed by atoms with van der Waals surface area (Å²) in [4.78, 5) is 16.3. The highest BCUT2D eigenvalue weighted by Crippen LogP contribution is 2.20. The second kappa shape index (κ2) is 9.13. The minimum Gasteiger partial charge on any atom is -0.491 e. The van der Waals surface area contributed by atoms with Gasteiger partial charge in [0.2, 0.25) is 5.91 Å². The van der Waals surface area contributed by atoms with Crippen molar-refractivity contribution in [1.82, 2.24) is 10.3 Å². The number of anilines is 1. The minimum atomic E-state index is -0.105. The second-order valence-electron chi connectivity index (χ2n) is 5.79. The molecule has 0 fully saturated rings. The van der Waals surface area contributed by atoms with Crippen molar-refractivity contribution in [2.75, 3.05) is 5.73 Å². The van der Waals surface area contributed by atoms with Gasteiger partial charge in [0, 0.05) is 5.69 Å². The van der Waals surface area contributed by atoms with Crippen LogP contribution in [0, 0.1) is 0 Å². The van der Waals surface area contributed by atoms with E-state index in [2.05, 4.69) is 10.3 Å². The number of aromatic nitrogens is 1. The van der Waals surface area contributed by atoms with Gasteiger partial charge < -0.3 is 15.8 Å². The molecule has 1 aromatic carbocycles. The first kappa shape index (κ1) is 19.8. The number of hydrogen-bond acceptors (Lipinski definition) is 4. The zero-order valence-electron chi connectivity index (χ0n) is 14.2. The molecular weight excluding hydrogens is 326 g/mol. The van der Waals surface area contributed by atoms with Crippen LogP contribution in [0.5, 0.6) is 5.75 Å². The molecule has 0 saturated carbocycles. The maximum atomic E-state index is 12.1. The summed E-state index contributed by atoms with van der Waals surface area (Å²) in [6.45, 7) is 5.91. The average molecular weight is 350 g/mol. The second-order valence-corrected chi connectivity index (χ2v) is 5.79. The number of carbonyl (C=O) groups excluding carboxylic acids is 1. The Morgan fingerprint density at radius 2 is 2.00 bits per heavy atom. The molecule has 0 saturated heterocycles. The molecule has 1 amide bonds. The molecule has 1 aromatic heterocycles. The zero-order chi connectivity index (χ0) is 16.8. The highest BCUT2D eigenvalue weighted by molar-refractivity contribution is 5.85. The summed E-state index contributed by atoms with van der Waals surface area (Å²) in [6.07, 6.45) is 1.90. The Bertz CT molecular complexity index is 660. The summed E-state index contributed by atoms with van der Waals surface area (Å²) >= 11 is 0. The van der Waals surface area contributed by atoms with Crippen molar-refractivity contribution in [2.24, 2.45) is 0 Å². The molecule has 1 atom stereocenters. The van der Waals surface area contributed by atoms with E-state index >= 15 is 0 Å². The predicted octanol–water partition coefficient (Wildman–Crippen LogP) is 3.29. The van der Waals surface area contributed by atoms with Crippen LogP contribution < -0.4 is 15.8 Å². The lowest BCUT2D eigenvalue weighted by Crippen LogP contribution is -2.28. The van der Waals surface area contributed by atoms with E-state index in [4.69, 9.17) is 10.5 Å². The van der Waals surface area contributed by atoms with E-state index in [1.54, 1.807) is 18.3 Å². The van der Waals surface area contributed by atoms with Crippen LogP contribution in [0.3, 0.4) is 0 Å². The SMILES string of the molecule is CC(C)Oc1cccc(C(C)NC(=O)Cc2ccc(N)cn2)c1.Cl. The Morgan fingerprint density at radius 1 is 1.25 bits per heavy atom. The van der Waals surface area contributed by atoms with Gasteiger partial charge in [-0.2, -0.15) is 0 Å². The van der Waals surface area contributed by atoms with Gasteiger partial charge in [-0.25, -0.2) is 0 Å². The normalized spacial score (nSPS) is 11.5. The summed E-state index contributed by atoms with van der Waals surface area (Å²) in [5.74, 6) is 0.726. The fourth-order valence-electron chi connectivity index (χ4n) is 2.21. The van der Waals surface area contributed by atoms with Gasteiger partial charge in [-0.05, 0) is 50.6 Å². The molecule has 0 radical (unpaired) electrons. The Morgan fingerprint density at radius 3 is 2.62 bits per heavy atom. The van der Waals surface area contributed by atoms with Crippen LogP contribution in [0.25, 0.3) is 0 Å². The number of nitrogens with zero attached hydrogens (tertiary/aromatic N) is 1. The average Bonchev–Trinajstić information content (AvgIpc) is 2.49. The number of nitrogens with two attached hydrogens (primary N) is 1. The van der Waals surface area contributed by atoms with E-state index < -0.39 is 0 Å². The van der Waals surface area contributed by atoms with Crippen LogP contribution in [0.15, 0.2) is 42.6 Å². The van der Waals surface area contributed by atoms with Crippen molar-refractivity contribution < 1.29 is 9.53 Å². The van der Waals surface area contributed by atoms with Crippen molar-refractivity contribution in [3.63, 3.8) is 0 Å². The molecule has 2 rings (SSSR count). The van der Waals surface area contributed by atoms with E-state index in [0.29, 0.717) is 11.4 Å². The number of pyridine rings is 1. The van der Waals surface area contributed by atoms with Crippen LogP contribution in [0.2, 0.25) is 0 Å². The van der Waals surface area contributed by atoms with Crippen LogP contribution in [-0.2, 0) is 11.2 Å². The lowest BCUT2D eigenvalue weighted by atomic mass is 10.1. The smallest absolute Gasteiger partial charge is 0.226 e. The first-order valence-corrected chi connectivity index (χ1v) is 7.70. The van der Waals surface area contributed by atoms with Crippen molar-refractivity contribution in [3.05, 3.63) is 53.9 Å². The standard InChI is InChI=1S/C18H23N3O2.ClH/c1-12(2)23-17-6-4-5-14(9-17)13(3)21-18(22)10-16-8-7-15(19)11-20-16;/h4-9,11-13H,10,19H2,1-3H3,(H,21,22);1H. The Balaban J connectivity index is 0.00000288. The number of rotatable bonds is 6. The van der Waals surface area contributed by atoms with E-state index in [9.17, 15) is 4.79 Å². The number of amides is 1. The Kier molecular flexibility index (Phi) is 7.52. The van der Waals surface area contributed by atoms with Crippen LogP contribution in [-0.4, -0.2) is 17.0 Å². The van der Waals surface area contributed by atoms with Gasteiger partial charge in [0.1, 0.15) is 5.75 Å². The van der Waals surface area contributed by atoms with Gasteiger partial charge >= 0.3 is 0 Å². The molecule has 6 heteroatoms. The molecule has 1 unspecified atom stereocenters. The molecule has 24 heavy (non-hydrogen) atoms. The van der Waals surface area contributed by atoms with E-state index in [1.807, 2.05) is 45.0 Å². The zero-order valence-corrected chi connectivity index (χ0v) is 15.0. The molecular formula is C18H24ClN3O2. The molecule has 2 aromatic rings. The van der Waals surface area contributed by atoms with E-state index in [0.717, 1.165) is 11.3 Å². The lowest BCUT2D eigenvalue weighted by molar-refractivity contribution is -0.121. The summed E-state index contributed by atoms with van der Waals surface area (Å²) in [7, 11) is 0. The lowest BCUT2D eigenvalue weighted by Gasteiger charge is -2.16.